The Morgan fingerprint density at radius 2 is 2.06 bits per heavy atom. The molecule has 0 saturated heterocycles. The lowest BCUT2D eigenvalue weighted by Crippen LogP contribution is -2.16. The van der Waals surface area contributed by atoms with Crippen molar-refractivity contribution in [3.63, 3.8) is 0 Å². The third kappa shape index (κ3) is 2.98. The maximum absolute atomic E-state index is 11.6. The third-order valence-corrected chi connectivity index (χ3v) is 2.03. The molecule has 0 amide bonds. The molecule has 0 radical (unpaired) electrons. The predicted octanol–water partition coefficient (Wildman–Crippen LogP) is 0.907. The van der Waals surface area contributed by atoms with Crippen LogP contribution in [0.1, 0.15) is 15.9 Å². The molecule has 0 bridgehead atoms. The topological polar surface area (TPSA) is 78.6 Å². The minimum atomic E-state index is -0.602. The summed E-state index contributed by atoms with van der Waals surface area (Å²) in [5, 5.41) is 0. The number of anilines is 1. The lowest BCUT2D eigenvalue weighted by molar-refractivity contribution is -0.144. The minimum absolute atomic E-state index is 0.351. The summed E-state index contributed by atoms with van der Waals surface area (Å²) in [6.07, 6.45) is 0. The van der Waals surface area contributed by atoms with E-state index < -0.39 is 18.5 Å². The number of methoxy groups -OCH3 is 1. The first kappa shape index (κ1) is 12.0. The van der Waals surface area contributed by atoms with Crippen molar-refractivity contribution in [3.8, 4) is 0 Å². The SMILES string of the molecule is COC(=O)COC(=O)c1cc(N)ccc1C. The standard InChI is InChI=1S/C11H13NO4/c1-7-3-4-8(12)5-9(7)11(14)16-6-10(13)15-2/h3-5H,6,12H2,1-2H3. The maximum Gasteiger partial charge on any atom is 0.344 e. The van der Waals surface area contributed by atoms with Crippen molar-refractivity contribution in [2.45, 2.75) is 6.92 Å². The number of aryl methyl sites for hydroxylation is 1. The van der Waals surface area contributed by atoms with Crippen LogP contribution < -0.4 is 5.73 Å². The van der Waals surface area contributed by atoms with Crippen molar-refractivity contribution in [3.05, 3.63) is 29.3 Å². The van der Waals surface area contributed by atoms with E-state index in [0.29, 0.717) is 11.3 Å². The van der Waals surface area contributed by atoms with E-state index in [4.69, 9.17) is 10.5 Å². The fraction of sp³-hybridized carbons (Fsp3) is 0.273. The summed E-state index contributed by atoms with van der Waals surface area (Å²) in [6, 6.07) is 4.91. The molecule has 0 aliphatic carbocycles. The Balaban J connectivity index is 2.73. The Morgan fingerprint density at radius 1 is 1.38 bits per heavy atom. The fourth-order valence-corrected chi connectivity index (χ4v) is 1.12. The molecule has 0 saturated carbocycles. The quantitative estimate of drug-likeness (QED) is 0.608. The molecular formula is C11H13NO4. The normalized spacial score (nSPS) is 9.62. The molecule has 0 fully saturated rings. The van der Waals surface area contributed by atoms with E-state index in [9.17, 15) is 9.59 Å². The van der Waals surface area contributed by atoms with Crippen LogP contribution >= 0.6 is 0 Å². The van der Waals surface area contributed by atoms with Gasteiger partial charge in [0.1, 0.15) is 0 Å². The van der Waals surface area contributed by atoms with Gasteiger partial charge >= 0.3 is 11.9 Å². The average molecular weight is 223 g/mol. The van der Waals surface area contributed by atoms with Crippen LogP contribution in [0.4, 0.5) is 5.69 Å². The average Bonchev–Trinajstić information content (AvgIpc) is 2.28. The molecule has 0 aliphatic heterocycles. The first-order chi connectivity index (χ1) is 7.54. The van der Waals surface area contributed by atoms with Gasteiger partial charge in [0.05, 0.1) is 12.7 Å². The number of carbonyl (C=O) groups excluding carboxylic acids is 2. The number of carbonyl (C=O) groups is 2. The number of hydrogen-bond acceptors (Lipinski definition) is 5. The molecule has 5 heteroatoms. The first-order valence-electron chi connectivity index (χ1n) is 4.64. The summed E-state index contributed by atoms with van der Waals surface area (Å²) < 4.78 is 9.10. The number of esters is 2. The molecule has 0 unspecified atom stereocenters. The van der Waals surface area contributed by atoms with Crippen LogP contribution in [0.2, 0.25) is 0 Å². The molecule has 1 rings (SSSR count). The van der Waals surface area contributed by atoms with Gasteiger partial charge in [0.15, 0.2) is 6.61 Å². The zero-order valence-electron chi connectivity index (χ0n) is 9.15. The van der Waals surface area contributed by atoms with Crippen LogP contribution in [-0.4, -0.2) is 25.7 Å². The van der Waals surface area contributed by atoms with E-state index in [2.05, 4.69) is 4.74 Å². The molecule has 0 atom stereocenters. The monoisotopic (exact) mass is 223 g/mol. The molecule has 16 heavy (non-hydrogen) atoms. The second-order valence-electron chi connectivity index (χ2n) is 3.23. The van der Waals surface area contributed by atoms with Crippen LogP contribution in [0.5, 0.6) is 0 Å². The zero-order valence-corrected chi connectivity index (χ0v) is 9.15. The smallest absolute Gasteiger partial charge is 0.344 e. The van der Waals surface area contributed by atoms with Crippen LogP contribution in [-0.2, 0) is 14.3 Å². The summed E-state index contributed by atoms with van der Waals surface area (Å²) in [7, 11) is 1.22. The number of hydrogen-bond donors (Lipinski definition) is 1. The Labute approximate surface area is 93.1 Å². The number of nitrogens with two attached hydrogens (primary N) is 1. The lowest BCUT2D eigenvalue weighted by atomic mass is 10.1. The second-order valence-corrected chi connectivity index (χ2v) is 3.23. The first-order valence-corrected chi connectivity index (χ1v) is 4.64. The third-order valence-electron chi connectivity index (χ3n) is 2.03. The number of ether oxygens (including phenoxy) is 2. The fourth-order valence-electron chi connectivity index (χ4n) is 1.12. The highest BCUT2D eigenvalue weighted by Gasteiger charge is 2.12. The van der Waals surface area contributed by atoms with Crippen molar-refractivity contribution >= 4 is 17.6 Å². The van der Waals surface area contributed by atoms with Gasteiger partial charge in [0.25, 0.3) is 0 Å². The van der Waals surface area contributed by atoms with E-state index in [1.54, 1.807) is 19.1 Å². The number of benzene rings is 1. The summed E-state index contributed by atoms with van der Waals surface area (Å²) in [6.45, 7) is 1.36. The van der Waals surface area contributed by atoms with E-state index in [-0.39, 0.29) is 0 Å². The summed E-state index contributed by atoms with van der Waals surface area (Å²) in [5.41, 5.74) is 7.11. The molecular weight excluding hydrogens is 210 g/mol. The van der Waals surface area contributed by atoms with Crippen LogP contribution in [0.25, 0.3) is 0 Å². The maximum atomic E-state index is 11.6. The van der Waals surface area contributed by atoms with E-state index in [1.807, 2.05) is 0 Å². The van der Waals surface area contributed by atoms with Gasteiger partial charge in [-0.1, -0.05) is 6.07 Å². The predicted molar refractivity (Wildman–Crippen MR) is 57.9 cm³/mol. The molecule has 0 aromatic heterocycles. The minimum Gasteiger partial charge on any atom is -0.466 e. The largest absolute Gasteiger partial charge is 0.466 e. The highest BCUT2D eigenvalue weighted by Crippen LogP contribution is 2.13. The zero-order chi connectivity index (χ0) is 12.1. The molecule has 0 aliphatic rings. The van der Waals surface area contributed by atoms with Crippen LogP contribution in [0.3, 0.4) is 0 Å². The van der Waals surface area contributed by atoms with Gasteiger partial charge < -0.3 is 15.2 Å². The van der Waals surface area contributed by atoms with Gasteiger partial charge in [-0.2, -0.15) is 0 Å². The molecule has 2 N–H and O–H groups in total. The number of nitrogen functional groups attached to an aromatic ring is 1. The molecule has 1 aromatic carbocycles. The van der Waals surface area contributed by atoms with E-state index >= 15 is 0 Å². The highest BCUT2D eigenvalue weighted by atomic mass is 16.6. The van der Waals surface area contributed by atoms with Gasteiger partial charge in [-0.25, -0.2) is 9.59 Å². The van der Waals surface area contributed by atoms with Gasteiger partial charge in [-0.05, 0) is 24.6 Å². The van der Waals surface area contributed by atoms with E-state index in [1.165, 1.54) is 13.2 Å². The van der Waals surface area contributed by atoms with Gasteiger partial charge in [0.2, 0.25) is 0 Å². The van der Waals surface area contributed by atoms with Crippen molar-refractivity contribution in [2.75, 3.05) is 19.5 Å². The van der Waals surface area contributed by atoms with Gasteiger partial charge in [-0.15, -0.1) is 0 Å². The van der Waals surface area contributed by atoms with Crippen molar-refractivity contribution < 1.29 is 19.1 Å². The summed E-state index contributed by atoms with van der Waals surface area (Å²) in [4.78, 5) is 22.3. The molecule has 0 heterocycles. The Bertz CT molecular complexity index is 414. The Morgan fingerprint density at radius 3 is 2.69 bits per heavy atom. The molecule has 1 aromatic rings. The van der Waals surface area contributed by atoms with Crippen LogP contribution in [0.15, 0.2) is 18.2 Å². The van der Waals surface area contributed by atoms with Gasteiger partial charge in [0, 0.05) is 5.69 Å². The highest BCUT2D eigenvalue weighted by molar-refractivity contribution is 5.93. The summed E-state index contributed by atoms with van der Waals surface area (Å²) in [5.74, 6) is -1.19. The Hall–Kier alpha value is -2.04. The van der Waals surface area contributed by atoms with Crippen molar-refractivity contribution in [2.24, 2.45) is 0 Å². The summed E-state index contributed by atoms with van der Waals surface area (Å²) >= 11 is 0. The molecule has 0 spiro atoms. The number of rotatable bonds is 3. The van der Waals surface area contributed by atoms with Gasteiger partial charge in [-0.3, -0.25) is 0 Å². The van der Waals surface area contributed by atoms with Crippen LogP contribution in [0, 0.1) is 6.92 Å². The van der Waals surface area contributed by atoms with Crippen molar-refractivity contribution in [1.82, 2.24) is 0 Å². The lowest BCUT2D eigenvalue weighted by Gasteiger charge is -2.06. The Kier molecular flexibility index (Phi) is 3.88. The molecule has 5 nitrogen and oxygen atoms in total. The second kappa shape index (κ2) is 5.16. The van der Waals surface area contributed by atoms with E-state index in [0.717, 1.165) is 5.56 Å². The molecule has 86 valence electrons. The van der Waals surface area contributed by atoms with Crippen molar-refractivity contribution in [1.29, 1.82) is 0 Å².